The summed E-state index contributed by atoms with van der Waals surface area (Å²) in [6, 6.07) is 7.38. The number of piperidine rings is 1. The van der Waals surface area contributed by atoms with E-state index in [4.69, 9.17) is 16.3 Å². The van der Waals surface area contributed by atoms with Crippen molar-refractivity contribution in [3.8, 4) is 5.75 Å². The van der Waals surface area contributed by atoms with Crippen LogP contribution in [0.1, 0.15) is 23.3 Å². The molecule has 116 valence electrons. The zero-order valence-corrected chi connectivity index (χ0v) is 13.0. The first-order chi connectivity index (χ1) is 10.6. The number of halogens is 1. The first-order valence-electron chi connectivity index (χ1n) is 7.20. The van der Waals surface area contributed by atoms with Crippen molar-refractivity contribution in [3.63, 3.8) is 0 Å². The molecule has 1 unspecified atom stereocenters. The molecule has 1 fully saturated rings. The van der Waals surface area contributed by atoms with Gasteiger partial charge in [0.15, 0.2) is 5.69 Å². The zero-order valence-electron chi connectivity index (χ0n) is 12.3. The first kappa shape index (κ1) is 14.8. The third kappa shape index (κ3) is 3.22. The molecule has 0 N–H and O–H groups in total. The molecule has 6 nitrogen and oxygen atoms in total. The third-order valence-corrected chi connectivity index (χ3v) is 3.93. The predicted octanol–water partition coefficient (Wildman–Crippen LogP) is 2.15. The molecular weight excluding hydrogens is 304 g/mol. The smallest absolute Gasteiger partial charge is 0.276 e. The van der Waals surface area contributed by atoms with Crippen molar-refractivity contribution >= 4 is 17.5 Å². The Hall–Kier alpha value is -2.08. The lowest BCUT2D eigenvalue weighted by molar-refractivity contribution is 0.0533. The Morgan fingerprint density at radius 2 is 2.23 bits per heavy atom. The summed E-state index contributed by atoms with van der Waals surface area (Å²) in [7, 11) is 1.74. The van der Waals surface area contributed by atoms with Gasteiger partial charge in [-0.2, -0.15) is 0 Å². The van der Waals surface area contributed by atoms with Gasteiger partial charge in [0.25, 0.3) is 5.91 Å². The molecule has 1 amide bonds. The van der Waals surface area contributed by atoms with Crippen molar-refractivity contribution in [1.82, 2.24) is 19.9 Å². The summed E-state index contributed by atoms with van der Waals surface area (Å²) in [6.45, 7) is 1.23. The minimum atomic E-state index is -0.111. The molecule has 0 spiro atoms. The van der Waals surface area contributed by atoms with Crippen LogP contribution < -0.4 is 4.74 Å². The van der Waals surface area contributed by atoms with Crippen molar-refractivity contribution in [2.24, 2.45) is 7.05 Å². The average molecular weight is 321 g/mol. The minimum Gasteiger partial charge on any atom is -0.487 e. The standard InChI is InChI=1S/C15H17ClN4O2/c1-19-10-13(17-18-19)15(21)20-8-4-5-11(9-20)22-14-7-3-2-6-12(14)16/h2-3,6-7,10-11H,4-5,8-9H2,1H3. The summed E-state index contributed by atoms with van der Waals surface area (Å²) in [4.78, 5) is 14.2. The molecule has 22 heavy (non-hydrogen) atoms. The zero-order chi connectivity index (χ0) is 15.5. The number of hydrogen-bond acceptors (Lipinski definition) is 4. The molecule has 1 atom stereocenters. The highest BCUT2D eigenvalue weighted by atomic mass is 35.5. The number of nitrogens with zero attached hydrogens (tertiary/aromatic N) is 4. The van der Waals surface area contributed by atoms with E-state index in [1.54, 1.807) is 24.2 Å². The Bertz CT molecular complexity index is 673. The Labute approximate surface area is 133 Å². The molecule has 2 aromatic rings. The van der Waals surface area contributed by atoms with E-state index in [1.807, 2.05) is 18.2 Å². The Balaban J connectivity index is 1.67. The summed E-state index contributed by atoms with van der Waals surface area (Å²) in [5, 5.41) is 8.26. The van der Waals surface area contributed by atoms with Gasteiger partial charge in [-0.15, -0.1) is 5.10 Å². The van der Waals surface area contributed by atoms with Crippen molar-refractivity contribution < 1.29 is 9.53 Å². The predicted molar refractivity (Wildman–Crippen MR) is 82.0 cm³/mol. The van der Waals surface area contributed by atoms with Crippen LogP contribution in [0.5, 0.6) is 5.75 Å². The maximum absolute atomic E-state index is 12.4. The van der Waals surface area contributed by atoms with Gasteiger partial charge in [-0.3, -0.25) is 9.48 Å². The summed E-state index contributed by atoms with van der Waals surface area (Å²) in [6.07, 6.45) is 3.35. The maximum atomic E-state index is 12.4. The first-order valence-corrected chi connectivity index (χ1v) is 7.58. The maximum Gasteiger partial charge on any atom is 0.276 e. The molecule has 1 aliphatic heterocycles. The van der Waals surface area contributed by atoms with Crippen LogP contribution in [0.15, 0.2) is 30.5 Å². The van der Waals surface area contributed by atoms with Crippen molar-refractivity contribution in [3.05, 3.63) is 41.2 Å². The van der Waals surface area contributed by atoms with Crippen LogP contribution in [0, 0.1) is 0 Å². The number of ether oxygens (including phenoxy) is 1. The number of hydrogen-bond donors (Lipinski definition) is 0. The Morgan fingerprint density at radius 3 is 2.95 bits per heavy atom. The number of benzene rings is 1. The van der Waals surface area contributed by atoms with Gasteiger partial charge in [0.05, 0.1) is 17.8 Å². The summed E-state index contributed by atoms with van der Waals surface area (Å²) in [5.41, 5.74) is 0.362. The molecule has 1 aromatic heterocycles. The molecule has 0 bridgehead atoms. The highest BCUT2D eigenvalue weighted by molar-refractivity contribution is 6.32. The molecule has 3 rings (SSSR count). The van der Waals surface area contributed by atoms with Gasteiger partial charge < -0.3 is 9.64 Å². The topological polar surface area (TPSA) is 60.2 Å². The Morgan fingerprint density at radius 1 is 1.41 bits per heavy atom. The molecule has 0 aliphatic carbocycles. The fourth-order valence-electron chi connectivity index (χ4n) is 2.55. The van der Waals surface area contributed by atoms with Crippen LogP contribution in [0.25, 0.3) is 0 Å². The van der Waals surface area contributed by atoms with E-state index in [1.165, 1.54) is 4.68 Å². The fraction of sp³-hybridized carbons (Fsp3) is 0.400. The minimum absolute atomic E-state index is 0.0609. The third-order valence-electron chi connectivity index (χ3n) is 3.62. The molecule has 1 aromatic carbocycles. The van der Waals surface area contributed by atoms with E-state index in [0.29, 0.717) is 29.6 Å². The molecule has 1 aliphatic rings. The van der Waals surface area contributed by atoms with Gasteiger partial charge >= 0.3 is 0 Å². The van der Waals surface area contributed by atoms with Gasteiger partial charge in [-0.1, -0.05) is 28.9 Å². The van der Waals surface area contributed by atoms with E-state index < -0.39 is 0 Å². The lowest BCUT2D eigenvalue weighted by Crippen LogP contribution is -2.44. The number of likely N-dealkylation sites (tertiary alicyclic amines) is 1. The normalized spacial score (nSPS) is 18.3. The number of carbonyl (C=O) groups excluding carboxylic acids is 1. The number of carbonyl (C=O) groups is 1. The summed E-state index contributed by atoms with van der Waals surface area (Å²) < 4.78 is 7.46. The lowest BCUT2D eigenvalue weighted by atomic mass is 10.1. The van der Waals surface area contributed by atoms with Crippen LogP contribution in [0.2, 0.25) is 5.02 Å². The quantitative estimate of drug-likeness (QED) is 0.869. The van der Waals surface area contributed by atoms with E-state index in [2.05, 4.69) is 10.3 Å². The second-order valence-corrected chi connectivity index (χ2v) is 5.75. The Kier molecular flexibility index (Phi) is 4.29. The largest absolute Gasteiger partial charge is 0.487 e. The van der Waals surface area contributed by atoms with Crippen molar-refractivity contribution in [2.75, 3.05) is 13.1 Å². The summed E-state index contributed by atoms with van der Waals surface area (Å²) >= 11 is 6.11. The fourth-order valence-corrected chi connectivity index (χ4v) is 2.73. The van der Waals surface area contributed by atoms with Gasteiger partial charge in [0.2, 0.25) is 0 Å². The van der Waals surface area contributed by atoms with E-state index in [-0.39, 0.29) is 12.0 Å². The van der Waals surface area contributed by atoms with Crippen LogP contribution in [0.3, 0.4) is 0 Å². The van der Waals surface area contributed by atoms with Crippen LogP contribution >= 0.6 is 11.6 Å². The monoisotopic (exact) mass is 320 g/mol. The molecule has 2 heterocycles. The number of para-hydroxylation sites is 1. The molecule has 0 saturated carbocycles. The van der Waals surface area contributed by atoms with Crippen molar-refractivity contribution in [1.29, 1.82) is 0 Å². The van der Waals surface area contributed by atoms with E-state index >= 15 is 0 Å². The van der Waals surface area contributed by atoms with Crippen molar-refractivity contribution in [2.45, 2.75) is 18.9 Å². The molecule has 7 heteroatoms. The average Bonchev–Trinajstić information content (AvgIpc) is 2.96. The van der Waals surface area contributed by atoms with Crippen LogP contribution in [-0.4, -0.2) is 45.0 Å². The highest BCUT2D eigenvalue weighted by Crippen LogP contribution is 2.26. The SMILES string of the molecule is Cn1cc(C(=O)N2CCCC(Oc3ccccc3Cl)C2)nn1. The van der Waals surface area contributed by atoms with Crippen LogP contribution in [0.4, 0.5) is 0 Å². The lowest BCUT2D eigenvalue weighted by Gasteiger charge is -2.32. The summed E-state index contributed by atoms with van der Waals surface area (Å²) in [5.74, 6) is 0.545. The number of amides is 1. The second kappa shape index (κ2) is 6.36. The van der Waals surface area contributed by atoms with Crippen LogP contribution in [-0.2, 0) is 7.05 Å². The number of aryl methyl sites for hydroxylation is 1. The number of rotatable bonds is 3. The van der Waals surface area contributed by atoms with Gasteiger partial charge in [0.1, 0.15) is 11.9 Å². The second-order valence-electron chi connectivity index (χ2n) is 5.34. The van der Waals surface area contributed by atoms with Gasteiger partial charge in [-0.05, 0) is 25.0 Å². The van der Waals surface area contributed by atoms with E-state index in [0.717, 1.165) is 12.8 Å². The van der Waals surface area contributed by atoms with Gasteiger partial charge in [0, 0.05) is 13.6 Å². The highest BCUT2D eigenvalue weighted by Gasteiger charge is 2.27. The molecular formula is C15H17ClN4O2. The molecule has 0 radical (unpaired) electrons. The van der Waals surface area contributed by atoms with Gasteiger partial charge in [-0.25, -0.2) is 0 Å². The van der Waals surface area contributed by atoms with E-state index in [9.17, 15) is 4.79 Å². The number of aromatic nitrogens is 3. The molecule has 1 saturated heterocycles.